The molecule has 0 radical (unpaired) electrons. The van der Waals surface area contributed by atoms with Crippen molar-refractivity contribution in [2.45, 2.75) is 75.1 Å². The molecule has 1 aromatic carbocycles. The first-order valence-corrected chi connectivity index (χ1v) is 16.3. The average molecular weight is 619 g/mol. The molecule has 3 heterocycles. The van der Waals surface area contributed by atoms with Crippen LogP contribution in [0.3, 0.4) is 0 Å². The Kier molecular flexibility index (Phi) is 8.16. The van der Waals surface area contributed by atoms with Crippen molar-refractivity contribution >= 4 is 33.8 Å². The fourth-order valence-corrected chi connectivity index (χ4v) is 7.38. The van der Waals surface area contributed by atoms with Gasteiger partial charge in [-0.2, -0.15) is 0 Å². The largest absolute Gasteiger partial charge is 0.443 e. The smallest absolute Gasteiger partial charge is 0.410 e. The molecule has 2 aliphatic carbocycles. The number of benzene rings is 1. The molecule has 4 amide bonds. The van der Waals surface area contributed by atoms with Crippen LogP contribution in [-0.4, -0.2) is 85.2 Å². The lowest BCUT2D eigenvalue weighted by Crippen LogP contribution is -2.54. The summed E-state index contributed by atoms with van der Waals surface area (Å²) in [5, 5.41) is 2.20. The lowest BCUT2D eigenvalue weighted by atomic mass is 9.96. The SMILES string of the molecule is O=C(NS(=O)(=O)C1CC1)C1C(OC(=O)N2Cc3cccc(F)c3C2)CN2C(=O)CCCOCCC=CC3CC3NC(=O)C12. The van der Waals surface area contributed by atoms with Gasteiger partial charge in [0.15, 0.2) is 0 Å². The topological polar surface area (TPSA) is 151 Å². The van der Waals surface area contributed by atoms with Crippen molar-refractivity contribution in [3.8, 4) is 0 Å². The van der Waals surface area contributed by atoms with E-state index in [0.29, 0.717) is 56.4 Å². The Labute approximate surface area is 249 Å². The van der Waals surface area contributed by atoms with E-state index in [-0.39, 0.29) is 38.0 Å². The van der Waals surface area contributed by atoms with Crippen LogP contribution in [0.15, 0.2) is 30.4 Å². The van der Waals surface area contributed by atoms with Crippen molar-refractivity contribution in [3.05, 3.63) is 47.3 Å². The van der Waals surface area contributed by atoms with E-state index >= 15 is 0 Å². The first-order valence-electron chi connectivity index (χ1n) is 14.7. The third-order valence-corrected chi connectivity index (χ3v) is 10.5. The first-order chi connectivity index (χ1) is 20.6. The molecule has 2 saturated carbocycles. The number of amides is 4. The van der Waals surface area contributed by atoms with E-state index in [1.807, 2.05) is 12.2 Å². The van der Waals surface area contributed by atoms with Gasteiger partial charge < -0.3 is 19.7 Å². The summed E-state index contributed by atoms with van der Waals surface area (Å²) in [6.07, 6.45) is 4.39. The minimum Gasteiger partial charge on any atom is -0.443 e. The molecule has 0 spiro atoms. The molecule has 3 aliphatic heterocycles. The van der Waals surface area contributed by atoms with Gasteiger partial charge in [0, 0.05) is 31.2 Å². The van der Waals surface area contributed by atoms with Crippen molar-refractivity contribution in [2.24, 2.45) is 11.8 Å². The third kappa shape index (κ3) is 6.40. The van der Waals surface area contributed by atoms with Gasteiger partial charge in [0.1, 0.15) is 23.9 Å². The van der Waals surface area contributed by atoms with Gasteiger partial charge in [-0.15, -0.1) is 0 Å². The minimum atomic E-state index is -4.01. The van der Waals surface area contributed by atoms with Gasteiger partial charge >= 0.3 is 6.09 Å². The quantitative estimate of drug-likeness (QED) is 0.480. The van der Waals surface area contributed by atoms with Crippen molar-refractivity contribution < 1.29 is 41.5 Å². The van der Waals surface area contributed by atoms with Gasteiger partial charge in [-0.1, -0.05) is 24.3 Å². The summed E-state index contributed by atoms with van der Waals surface area (Å²) < 4.78 is 53.3. The number of ether oxygens (including phenoxy) is 2. The average Bonchev–Trinajstić information content (AvgIpc) is 3.86. The second-order valence-electron chi connectivity index (χ2n) is 11.8. The molecule has 232 valence electrons. The molecule has 5 atom stereocenters. The molecule has 3 fully saturated rings. The summed E-state index contributed by atoms with van der Waals surface area (Å²) in [6.45, 7) is 0.567. The van der Waals surface area contributed by atoms with Crippen LogP contribution in [0.4, 0.5) is 9.18 Å². The van der Waals surface area contributed by atoms with E-state index in [9.17, 15) is 32.0 Å². The molecular formula is C29H35FN4O8S. The predicted octanol–water partition coefficient (Wildman–Crippen LogP) is 1.34. The summed E-state index contributed by atoms with van der Waals surface area (Å²) >= 11 is 0. The number of carbonyl (C=O) groups is 4. The highest BCUT2D eigenvalue weighted by molar-refractivity contribution is 7.90. The van der Waals surface area contributed by atoms with E-state index in [2.05, 4.69) is 10.0 Å². The molecule has 14 heteroatoms. The number of rotatable bonds is 4. The van der Waals surface area contributed by atoms with Crippen LogP contribution in [0.1, 0.15) is 49.7 Å². The van der Waals surface area contributed by atoms with Crippen molar-refractivity contribution in [1.29, 1.82) is 0 Å². The summed E-state index contributed by atoms with van der Waals surface area (Å²) in [5.41, 5.74) is 0.971. The van der Waals surface area contributed by atoms with E-state index in [1.54, 1.807) is 12.1 Å². The van der Waals surface area contributed by atoms with Crippen molar-refractivity contribution in [2.75, 3.05) is 19.8 Å². The number of sulfonamides is 1. The van der Waals surface area contributed by atoms with Gasteiger partial charge in [0.25, 0.3) is 0 Å². The van der Waals surface area contributed by atoms with Crippen LogP contribution in [0.5, 0.6) is 0 Å². The van der Waals surface area contributed by atoms with E-state index in [0.717, 1.165) is 0 Å². The zero-order valence-corrected chi connectivity index (χ0v) is 24.4. The van der Waals surface area contributed by atoms with E-state index in [1.165, 1.54) is 15.9 Å². The van der Waals surface area contributed by atoms with Crippen LogP contribution in [0.2, 0.25) is 0 Å². The van der Waals surface area contributed by atoms with Crippen LogP contribution < -0.4 is 10.0 Å². The fraction of sp³-hybridized carbons (Fsp3) is 0.586. The normalized spacial score (nSPS) is 29.5. The summed E-state index contributed by atoms with van der Waals surface area (Å²) in [7, 11) is -4.01. The highest BCUT2D eigenvalue weighted by Gasteiger charge is 2.55. The number of hydrogen-bond donors (Lipinski definition) is 2. The second-order valence-corrected chi connectivity index (χ2v) is 13.8. The van der Waals surface area contributed by atoms with E-state index in [4.69, 9.17) is 9.47 Å². The molecule has 0 bridgehead atoms. The molecule has 2 N–H and O–H groups in total. The van der Waals surface area contributed by atoms with Crippen LogP contribution in [0.25, 0.3) is 0 Å². The lowest BCUT2D eigenvalue weighted by Gasteiger charge is -2.27. The minimum absolute atomic E-state index is 0.0156. The zero-order valence-electron chi connectivity index (χ0n) is 23.6. The Bertz CT molecular complexity index is 1450. The molecule has 0 aromatic heterocycles. The number of nitrogens with one attached hydrogen (secondary N) is 2. The Morgan fingerprint density at radius 1 is 1.14 bits per heavy atom. The van der Waals surface area contributed by atoms with Crippen LogP contribution >= 0.6 is 0 Å². The Morgan fingerprint density at radius 2 is 1.95 bits per heavy atom. The maximum Gasteiger partial charge on any atom is 0.410 e. The highest BCUT2D eigenvalue weighted by Crippen LogP contribution is 2.36. The molecule has 12 nitrogen and oxygen atoms in total. The van der Waals surface area contributed by atoms with Gasteiger partial charge in [-0.3, -0.25) is 24.0 Å². The molecule has 5 aliphatic rings. The monoisotopic (exact) mass is 618 g/mol. The molecule has 1 aromatic rings. The Balaban J connectivity index is 1.27. The standard InChI is InChI=1S/C29H35FN4O8S/c30-21-7-3-6-18-14-33(15-20(18)21)29(38)42-23-16-34-24(35)8-4-12-41-11-2-1-5-17-13-22(17)31-28(37)26(34)25(23)27(36)32-43(39,40)19-9-10-19/h1,3,5-7,17,19,22-23,25-26H,2,4,8-16H2,(H,31,37)(H,32,36). The van der Waals surface area contributed by atoms with Crippen molar-refractivity contribution in [3.63, 3.8) is 0 Å². The molecule has 1 saturated heterocycles. The molecule has 43 heavy (non-hydrogen) atoms. The predicted molar refractivity (Wildman–Crippen MR) is 149 cm³/mol. The molecule has 5 unspecified atom stereocenters. The van der Waals surface area contributed by atoms with Gasteiger partial charge in [0.05, 0.1) is 24.9 Å². The van der Waals surface area contributed by atoms with Crippen LogP contribution in [-0.2, 0) is 47.0 Å². The Morgan fingerprint density at radius 3 is 2.72 bits per heavy atom. The molecular weight excluding hydrogens is 583 g/mol. The maximum absolute atomic E-state index is 14.3. The number of hydrogen-bond acceptors (Lipinski definition) is 8. The number of carbonyl (C=O) groups excluding carboxylic acids is 4. The van der Waals surface area contributed by atoms with Gasteiger partial charge in [-0.05, 0) is 49.7 Å². The summed E-state index contributed by atoms with van der Waals surface area (Å²) in [5.74, 6) is -3.92. The lowest BCUT2D eigenvalue weighted by molar-refractivity contribution is -0.141. The number of fused-ring (bicyclic) bond motifs is 3. The number of halogens is 1. The Hall–Kier alpha value is -3.52. The van der Waals surface area contributed by atoms with Crippen LogP contribution in [0, 0.1) is 17.7 Å². The first kappa shape index (κ1) is 29.5. The fourth-order valence-electron chi connectivity index (χ4n) is 6.04. The summed E-state index contributed by atoms with van der Waals surface area (Å²) in [4.78, 5) is 56.7. The zero-order chi connectivity index (χ0) is 30.3. The second kappa shape index (κ2) is 11.9. The van der Waals surface area contributed by atoms with Crippen molar-refractivity contribution in [1.82, 2.24) is 19.8 Å². The highest BCUT2D eigenvalue weighted by atomic mass is 32.2. The third-order valence-electron chi connectivity index (χ3n) is 8.65. The van der Waals surface area contributed by atoms with E-state index < -0.39 is 63.0 Å². The maximum atomic E-state index is 14.3. The summed E-state index contributed by atoms with van der Waals surface area (Å²) in [6, 6.07) is 2.94. The molecule has 6 rings (SSSR count). The number of nitrogens with zero attached hydrogens (tertiary/aromatic N) is 2. The van der Waals surface area contributed by atoms with Gasteiger partial charge in [-0.25, -0.2) is 17.6 Å². The van der Waals surface area contributed by atoms with Gasteiger partial charge in [0.2, 0.25) is 27.7 Å².